The minimum atomic E-state index is -0.244. The van der Waals surface area contributed by atoms with E-state index in [-0.39, 0.29) is 5.82 Å². The van der Waals surface area contributed by atoms with Crippen molar-refractivity contribution < 1.29 is 4.39 Å². The summed E-state index contributed by atoms with van der Waals surface area (Å²) in [6.45, 7) is 0. The standard InChI is InChI=1S/C8H8ClFS/c9-7-2-1-6(3-4-11)8(10)5-7/h1-2,5,11H,3-4H2. The van der Waals surface area contributed by atoms with Crippen molar-refractivity contribution >= 4 is 24.2 Å². The third kappa shape index (κ3) is 2.38. The molecule has 0 unspecified atom stereocenters. The van der Waals surface area contributed by atoms with E-state index >= 15 is 0 Å². The van der Waals surface area contributed by atoms with Crippen LogP contribution in [0.25, 0.3) is 0 Å². The van der Waals surface area contributed by atoms with E-state index in [0.29, 0.717) is 22.8 Å². The van der Waals surface area contributed by atoms with E-state index in [1.807, 2.05) is 0 Å². The Bertz CT molecular complexity index is 250. The molecule has 0 radical (unpaired) electrons. The molecule has 1 aromatic carbocycles. The number of thiol groups is 1. The molecule has 3 heteroatoms. The maximum Gasteiger partial charge on any atom is 0.127 e. The van der Waals surface area contributed by atoms with Gasteiger partial charge in [0.05, 0.1) is 0 Å². The maximum absolute atomic E-state index is 12.9. The molecule has 0 fully saturated rings. The number of hydrogen-bond acceptors (Lipinski definition) is 1. The number of benzene rings is 1. The van der Waals surface area contributed by atoms with E-state index < -0.39 is 0 Å². The molecule has 0 saturated heterocycles. The largest absolute Gasteiger partial charge is 0.207 e. The third-order valence-electron chi connectivity index (χ3n) is 1.40. The normalized spacial score (nSPS) is 10.1. The van der Waals surface area contributed by atoms with Crippen LogP contribution < -0.4 is 0 Å². The monoisotopic (exact) mass is 190 g/mol. The molecule has 0 aromatic heterocycles. The van der Waals surface area contributed by atoms with Crippen molar-refractivity contribution in [3.8, 4) is 0 Å². The molecule has 0 aliphatic heterocycles. The Balaban J connectivity index is 2.90. The molecule has 11 heavy (non-hydrogen) atoms. The lowest BCUT2D eigenvalue weighted by Gasteiger charge is -1.99. The van der Waals surface area contributed by atoms with Crippen molar-refractivity contribution in [2.24, 2.45) is 0 Å². The first-order valence-electron chi connectivity index (χ1n) is 3.29. The summed E-state index contributed by atoms with van der Waals surface area (Å²) in [7, 11) is 0. The van der Waals surface area contributed by atoms with Gasteiger partial charge in [0.1, 0.15) is 5.82 Å². The van der Waals surface area contributed by atoms with Gasteiger partial charge in [-0.1, -0.05) is 17.7 Å². The highest BCUT2D eigenvalue weighted by Gasteiger charge is 2.00. The van der Waals surface area contributed by atoms with Gasteiger partial charge in [-0.05, 0) is 29.9 Å². The highest BCUT2D eigenvalue weighted by molar-refractivity contribution is 7.80. The number of aryl methyl sites for hydroxylation is 1. The van der Waals surface area contributed by atoms with Gasteiger partial charge in [-0.25, -0.2) is 4.39 Å². The molecule has 60 valence electrons. The van der Waals surface area contributed by atoms with Crippen molar-refractivity contribution in [1.29, 1.82) is 0 Å². The van der Waals surface area contributed by atoms with E-state index in [0.717, 1.165) is 0 Å². The Labute approximate surface area is 75.8 Å². The molecule has 0 heterocycles. The molecule has 0 amide bonds. The Morgan fingerprint density at radius 3 is 2.73 bits per heavy atom. The zero-order valence-electron chi connectivity index (χ0n) is 5.85. The zero-order valence-corrected chi connectivity index (χ0v) is 7.50. The predicted octanol–water partition coefficient (Wildman–Crippen LogP) is 2.95. The first kappa shape index (κ1) is 8.88. The summed E-state index contributed by atoms with van der Waals surface area (Å²) in [6.07, 6.45) is 0.645. The van der Waals surface area contributed by atoms with Gasteiger partial charge >= 0.3 is 0 Å². The van der Waals surface area contributed by atoms with Gasteiger partial charge in [0.25, 0.3) is 0 Å². The minimum Gasteiger partial charge on any atom is -0.207 e. The summed E-state index contributed by atoms with van der Waals surface area (Å²) < 4.78 is 12.9. The van der Waals surface area contributed by atoms with Crippen LogP contribution in [0.4, 0.5) is 4.39 Å². The van der Waals surface area contributed by atoms with Gasteiger partial charge in [0.15, 0.2) is 0 Å². The first-order valence-corrected chi connectivity index (χ1v) is 4.30. The fourth-order valence-electron chi connectivity index (χ4n) is 0.845. The van der Waals surface area contributed by atoms with Crippen LogP contribution in [-0.4, -0.2) is 5.75 Å². The van der Waals surface area contributed by atoms with Crippen molar-refractivity contribution in [1.82, 2.24) is 0 Å². The molecule has 1 rings (SSSR count). The lowest BCUT2D eigenvalue weighted by Crippen LogP contribution is -1.90. The number of halogens is 2. The van der Waals surface area contributed by atoms with Crippen molar-refractivity contribution in [3.05, 3.63) is 34.6 Å². The van der Waals surface area contributed by atoms with Crippen LogP contribution in [0.3, 0.4) is 0 Å². The van der Waals surface area contributed by atoms with Gasteiger partial charge < -0.3 is 0 Å². The summed E-state index contributed by atoms with van der Waals surface area (Å²) in [5, 5.41) is 0.436. The van der Waals surface area contributed by atoms with Gasteiger partial charge in [-0.15, -0.1) is 0 Å². The summed E-state index contributed by atoms with van der Waals surface area (Å²) in [5.41, 5.74) is 0.671. The van der Waals surface area contributed by atoms with Crippen LogP contribution in [0, 0.1) is 5.82 Å². The highest BCUT2D eigenvalue weighted by atomic mass is 35.5. The average Bonchev–Trinajstić information content (AvgIpc) is 1.95. The molecule has 0 spiro atoms. The van der Waals surface area contributed by atoms with Crippen molar-refractivity contribution in [2.45, 2.75) is 6.42 Å². The van der Waals surface area contributed by atoms with E-state index in [4.69, 9.17) is 11.6 Å². The van der Waals surface area contributed by atoms with E-state index in [1.165, 1.54) is 6.07 Å². The Hall–Kier alpha value is -0.210. The molecule has 0 N–H and O–H groups in total. The topological polar surface area (TPSA) is 0 Å². The second-order valence-corrected chi connectivity index (χ2v) is 3.09. The van der Waals surface area contributed by atoms with Gasteiger partial charge in [0, 0.05) is 5.02 Å². The Morgan fingerprint density at radius 2 is 2.18 bits per heavy atom. The van der Waals surface area contributed by atoms with Crippen LogP contribution in [0.5, 0.6) is 0 Å². The van der Waals surface area contributed by atoms with Crippen LogP contribution in [-0.2, 0) is 6.42 Å². The quantitative estimate of drug-likeness (QED) is 0.682. The zero-order chi connectivity index (χ0) is 8.27. The van der Waals surface area contributed by atoms with E-state index in [9.17, 15) is 4.39 Å². The summed E-state index contributed by atoms with van der Waals surface area (Å²) in [6, 6.07) is 4.69. The molecule has 0 bridgehead atoms. The molecular weight excluding hydrogens is 183 g/mol. The van der Waals surface area contributed by atoms with Gasteiger partial charge in [0.2, 0.25) is 0 Å². The summed E-state index contributed by atoms with van der Waals surface area (Å²) >= 11 is 9.56. The summed E-state index contributed by atoms with van der Waals surface area (Å²) in [5.74, 6) is 0.407. The molecule has 0 saturated carbocycles. The van der Waals surface area contributed by atoms with Crippen LogP contribution >= 0.6 is 24.2 Å². The lowest BCUT2D eigenvalue weighted by atomic mass is 10.2. The smallest absolute Gasteiger partial charge is 0.127 e. The van der Waals surface area contributed by atoms with Gasteiger partial charge in [-0.2, -0.15) is 12.6 Å². The average molecular weight is 191 g/mol. The minimum absolute atomic E-state index is 0.244. The molecule has 0 atom stereocenters. The van der Waals surface area contributed by atoms with Gasteiger partial charge in [-0.3, -0.25) is 0 Å². The number of hydrogen-bond donors (Lipinski definition) is 1. The van der Waals surface area contributed by atoms with Crippen LogP contribution in [0.2, 0.25) is 5.02 Å². The van der Waals surface area contributed by atoms with Crippen molar-refractivity contribution in [2.75, 3.05) is 5.75 Å². The van der Waals surface area contributed by atoms with Crippen LogP contribution in [0.1, 0.15) is 5.56 Å². The van der Waals surface area contributed by atoms with Crippen LogP contribution in [0.15, 0.2) is 18.2 Å². The first-order chi connectivity index (χ1) is 5.24. The Kier molecular flexibility index (Phi) is 3.21. The fourth-order valence-corrected chi connectivity index (χ4v) is 1.24. The molecule has 1 aromatic rings. The molecule has 0 aliphatic carbocycles. The second-order valence-electron chi connectivity index (χ2n) is 2.21. The van der Waals surface area contributed by atoms with E-state index in [1.54, 1.807) is 12.1 Å². The summed E-state index contributed by atoms with van der Waals surface area (Å²) in [4.78, 5) is 0. The molecule has 0 nitrogen and oxygen atoms in total. The highest BCUT2D eigenvalue weighted by Crippen LogP contribution is 2.14. The molecular formula is C8H8ClFS. The maximum atomic E-state index is 12.9. The SMILES string of the molecule is Fc1cc(Cl)ccc1CCS. The second kappa shape index (κ2) is 3.98. The lowest BCUT2D eigenvalue weighted by molar-refractivity contribution is 0.613. The van der Waals surface area contributed by atoms with E-state index in [2.05, 4.69) is 12.6 Å². The fraction of sp³-hybridized carbons (Fsp3) is 0.250. The van der Waals surface area contributed by atoms with Crippen molar-refractivity contribution in [3.63, 3.8) is 0 Å². The third-order valence-corrected chi connectivity index (χ3v) is 1.85. The predicted molar refractivity (Wildman–Crippen MR) is 49.0 cm³/mol. The Morgan fingerprint density at radius 1 is 1.45 bits per heavy atom. The number of rotatable bonds is 2. The molecule has 0 aliphatic rings.